The van der Waals surface area contributed by atoms with Gasteiger partial charge in [0.1, 0.15) is 5.82 Å². The monoisotopic (exact) mass is 267 g/mol. The van der Waals surface area contributed by atoms with Gasteiger partial charge in [-0.25, -0.2) is 9.78 Å². The zero-order valence-corrected chi connectivity index (χ0v) is 10.9. The van der Waals surface area contributed by atoms with E-state index in [2.05, 4.69) is 20.0 Å². The van der Waals surface area contributed by atoms with E-state index in [0.29, 0.717) is 18.8 Å². The van der Waals surface area contributed by atoms with Crippen LogP contribution in [0.4, 0.5) is 5.82 Å². The molecule has 104 valence electrons. The van der Waals surface area contributed by atoms with Crippen molar-refractivity contribution >= 4 is 17.8 Å². The lowest BCUT2D eigenvalue weighted by atomic mass is 10.1. The number of ether oxygens (including phenoxy) is 1. The standard InChI is InChI=1S/C12H17N3O4/c1-8(3-4-11(16)17)5-14-10-7-13-6-9(15-10)12(18)19-2/h6-8H,3-5H2,1-2H3,(H,14,15)(H,16,17). The number of aromatic nitrogens is 2. The van der Waals surface area contributed by atoms with Crippen molar-refractivity contribution in [3.8, 4) is 0 Å². The number of methoxy groups -OCH3 is 1. The van der Waals surface area contributed by atoms with E-state index < -0.39 is 11.9 Å². The average Bonchev–Trinajstić information content (AvgIpc) is 2.42. The molecule has 0 saturated carbocycles. The number of carbonyl (C=O) groups is 2. The molecule has 0 aliphatic heterocycles. The third-order valence-electron chi connectivity index (χ3n) is 2.51. The molecule has 2 N–H and O–H groups in total. The van der Waals surface area contributed by atoms with Crippen molar-refractivity contribution in [2.45, 2.75) is 19.8 Å². The highest BCUT2D eigenvalue weighted by Crippen LogP contribution is 2.08. The second-order valence-corrected chi connectivity index (χ2v) is 4.20. The predicted molar refractivity (Wildman–Crippen MR) is 67.9 cm³/mol. The zero-order valence-electron chi connectivity index (χ0n) is 10.9. The number of carbonyl (C=O) groups excluding carboxylic acids is 1. The maximum atomic E-state index is 11.3. The summed E-state index contributed by atoms with van der Waals surface area (Å²) in [6, 6.07) is 0. The average molecular weight is 267 g/mol. The van der Waals surface area contributed by atoms with Crippen molar-refractivity contribution in [3.05, 3.63) is 18.1 Å². The van der Waals surface area contributed by atoms with Gasteiger partial charge in [0.05, 0.1) is 19.5 Å². The van der Waals surface area contributed by atoms with Crippen LogP contribution in [0, 0.1) is 5.92 Å². The minimum absolute atomic E-state index is 0.130. The van der Waals surface area contributed by atoms with Crippen LogP contribution < -0.4 is 5.32 Å². The van der Waals surface area contributed by atoms with Crippen LogP contribution in [0.5, 0.6) is 0 Å². The van der Waals surface area contributed by atoms with E-state index in [9.17, 15) is 9.59 Å². The number of anilines is 1. The van der Waals surface area contributed by atoms with E-state index in [-0.39, 0.29) is 18.0 Å². The van der Waals surface area contributed by atoms with E-state index in [1.807, 2.05) is 6.92 Å². The SMILES string of the molecule is COC(=O)c1cncc(NCC(C)CCC(=O)O)n1. The summed E-state index contributed by atoms with van der Waals surface area (Å²) in [7, 11) is 1.28. The summed E-state index contributed by atoms with van der Waals surface area (Å²) < 4.78 is 4.55. The molecular weight excluding hydrogens is 250 g/mol. The van der Waals surface area contributed by atoms with Gasteiger partial charge in [-0.2, -0.15) is 0 Å². The fourth-order valence-electron chi connectivity index (χ4n) is 1.40. The molecule has 1 rings (SSSR count). The van der Waals surface area contributed by atoms with Gasteiger partial charge >= 0.3 is 11.9 Å². The molecule has 1 aromatic heterocycles. The number of carboxylic acids is 1. The summed E-state index contributed by atoms with van der Waals surface area (Å²) >= 11 is 0. The number of aliphatic carboxylic acids is 1. The number of nitrogens with zero attached hydrogens (tertiary/aromatic N) is 2. The lowest BCUT2D eigenvalue weighted by molar-refractivity contribution is -0.137. The number of rotatable bonds is 7. The lowest BCUT2D eigenvalue weighted by Gasteiger charge is -2.11. The van der Waals surface area contributed by atoms with E-state index in [0.717, 1.165) is 0 Å². The quantitative estimate of drug-likeness (QED) is 0.715. The first-order valence-corrected chi connectivity index (χ1v) is 5.89. The van der Waals surface area contributed by atoms with Gasteiger partial charge in [-0.3, -0.25) is 9.78 Å². The summed E-state index contributed by atoms with van der Waals surface area (Å²) in [6.45, 7) is 2.50. The Kier molecular flexibility index (Phi) is 5.72. The third kappa shape index (κ3) is 5.33. The highest BCUT2D eigenvalue weighted by Gasteiger charge is 2.09. The van der Waals surface area contributed by atoms with Gasteiger partial charge in [0.15, 0.2) is 5.69 Å². The Bertz CT molecular complexity index is 450. The second kappa shape index (κ2) is 7.30. The van der Waals surface area contributed by atoms with Gasteiger partial charge in [0.25, 0.3) is 0 Å². The molecule has 1 heterocycles. The number of hydrogen-bond acceptors (Lipinski definition) is 6. The second-order valence-electron chi connectivity index (χ2n) is 4.20. The highest BCUT2D eigenvalue weighted by atomic mass is 16.5. The summed E-state index contributed by atoms with van der Waals surface area (Å²) in [5, 5.41) is 11.6. The molecule has 0 spiro atoms. The first kappa shape index (κ1) is 14.9. The number of hydrogen-bond donors (Lipinski definition) is 2. The Morgan fingerprint density at radius 3 is 2.84 bits per heavy atom. The van der Waals surface area contributed by atoms with Crippen LogP contribution in [-0.2, 0) is 9.53 Å². The van der Waals surface area contributed by atoms with Gasteiger partial charge in [0.2, 0.25) is 0 Å². The van der Waals surface area contributed by atoms with Crippen molar-refractivity contribution in [1.82, 2.24) is 9.97 Å². The number of esters is 1. The molecule has 1 unspecified atom stereocenters. The summed E-state index contributed by atoms with van der Waals surface area (Å²) in [6.07, 6.45) is 3.53. The number of nitrogens with one attached hydrogen (secondary N) is 1. The molecule has 0 aliphatic rings. The molecular formula is C12H17N3O4. The number of carboxylic acid groups (broad SMARTS) is 1. The molecule has 0 aromatic carbocycles. The molecule has 0 fully saturated rings. The third-order valence-corrected chi connectivity index (χ3v) is 2.51. The van der Waals surface area contributed by atoms with Crippen LogP contribution >= 0.6 is 0 Å². The molecule has 1 aromatic rings. The van der Waals surface area contributed by atoms with Gasteiger partial charge in [0, 0.05) is 13.0 Å². The van der Waals surface area contributed by atoms with Gasteiger partial charge in [-0.1, -0.05) is 6.92 Å². The molecule has 7 nitrogen and oxygen atoms in total. The van der Waals surface area contributed by atoms with E-state index in [1.54, 1.807) is 0 Å². The summed E-state index contributed by atoms with van der Waals surface area (Å²) in [5.74, 6) is -0.709. The van der Waals surface area contributed by atoms with Crippen LogP contribution in [0.3, 0.4) is 0 Å². The fourth-order valence-corrected chi connectivity index (χ4v) is 1.40. The zero-order chi connectivity index (χ0) is 14.3. The first-order valence-electron chi connectivity index (χ1n) is 5.89. The molecule has 0 aliphatic carbocycles. The van der Waals surface area contributed by atoms with Crippen molar-refractivity contribution in [3.63, 3.8) is 0 Å². The molecule has 7 heteroatoms. The minimum atomic E-state index is -0.806. The van der Waals surface area contributed by atoms with Crippen LogP contribution in [-0.4, -0.2) is 40.7 Å². The Morgan fingerprint density at radius 1 is 1.47 bits per heavy atom. The topological polar surface area (TPSA) is 101 Å². The van der Waals surface area contributed by atoms with E-state index in [1.165, 1.54) is 19.5 Å². The molecule has 0 amide bonds. The predicted octanol–water partition coefficient (Wildman–Crippen LogP) is 1.18. The van der Waals surface area contributed by atoms with Crippen molar-refractivity contribution in [2.24, 2.45) is 5.92 Å². The Hall–Kier alpha value is -2.18. The summed E-state index contributed by atoms with van der Waals surface area (Å²) in [5.41, 5.74) is 0.130. The van der Waals surface area contributed by atoms with Gasteiger partial charge in [-0.05, 0) is 12.3 Å². The molecule has 0 bridgehead atoms. The Labute approximate surface area is 111 Å². The molecule has 19 heavy (non-hydrogen) atoms. The van der Waals surface area contributed by atoms with Crippen LogP contribution in [0.2, 0.25) is 0 Å². The molecule has 0 saturated heterocycles. The van der Waals surface area contributed by atoms with Crippen molar-refractivity contribution in [2.75, 3.05) is 19.0 Å². The van der Waals surface area contributed by atoms with Gasteiger partial charge < -0.3 is 15.2 Å². The smallest absolute Gasteiger partial charge is 0.358 e. The van der Waals surface area contributed by atoms with Crippen LogP contribution in [0.15, 0.2) is 12.4 Å². The maximum absolute atomic E-state index is 11.3. The first-order chi connectivity index (χ1) is 9.02. The summed E-state index contributed by atoms with van der Waals surface area (Å²) in [4.78, 5) is 29.6. The Morgan fingerprint density at radius 2 is 2.21 bits per heavy atom. The van der Waals surface area contributed by atoms with Crippen molar-refractivity contribution < 1.29 is 19.4 Å². The van der Waals surface area contributed by atoms with E-state index in [4.69, 9.17) is 5.11 Å². The van der Waals surface area contributed by atoms with Crippen LogP contribution in [0.1, 0.15) is 30.3 Å². The fraction of sp³-hybridized carbons (Fsp3) is 0.500. The van der Waals surface area contributed by atoms with Gasteiger partial charge in [-0.15, -0.1) is 0 Å². The normalized spacial score (nSPS) is 11.7. The van der Waals surface area contributed by atoms with Crippen molar-refractivity contribution in [1.29, 1.82) is 0 Å². The maximum Gasteiger partial charge on any atom is 0.358 e. The Balaban J connectivity index is 2.49. The lowest BCUT2D eigenvalue weighted by Crippen LogP contribution is -2.15. The largest absolute Gasteiger partial charge is 0.481 e. The molecule has 0 radical (unpaired) electrons. The minimum Gasteiger partial charge on any atom is -0.481 e. The van der Waals surface area contributed by atoms with Crippen LogP contribution in [0.25, 0.3) is 0 Å². The highest BCUT2D eigenvalue weighted by molar-refractivity contribution is 5.87. The van der Waals surface area contributed by atoms with E-state index >= 15 is 0 Å². The molecule has 1 atom stereocenters.